The molecule has 0 aliphatic rings. The van der Waals surface area contributed by atoms with Crippen LogP contribution in [0.25, 0.3) is 0 Å². The van der Waals surface area contributed by atoms with E-state index in [0.717, 1.165) is 29.7 Å². The van der Waals surface area contributed by atoms with E-state index in [9.17, 15) is 9.59 Å². The summed E-state index contributed by atoms with van der Waals surface area (Å²) in [5.41, 5.74) is 4.63. The Morgan fingerprint density at radius 1 is 0.912 bits per heavy atom. The summed E-state index contributed by atoms with van der Waals surface area (Å²) in [6, 6.07) is 21.1. The molecule has 0 atom stereocenters. The van der Waals surface area contributed by atoms with Gasteiger partial charge in [0.05, 0.1) is 18.4 Å². The van der Waals surface area contributed by atoms with Crippen molar-refractivity contribution in [2.75, 3.05) is 13.2 Å². The van der Waals surface area contributed by atoms with Gasteiger partial charge in [0, 0.05) is 0 Å². The number of amides is 1. The molecule has 0 heterocycles. The van der Waals surface area contributed by atoms with Gasteiger partial charge in [-0.25, -0.2) is 10.2 Å². The van der Waals surface area contributed by atoms with Crippen molar-refractivity contribution in [3.8, 4) is 17.2 Å². The third kappa shape index (κ3) is 8.09. The number of nitrogens with one attached hydrogen (secondary N) is 1. The molecule has 0 saturated carbocycles. The smallest absolute Gasteiger partial charge is 0.343 e. The Hall–Kier alpha value is -4.13. The van der Waals surface area contributed by atoms with E-state index in [4.69, 9.17) is 14.2 Å². The van der Waals surface area contributed by atoms with E-state index < -0.39 is 5.97 Å². The number of benzene rings is 3. The highest BCUT2D eigenvalue weighted by molar-refractivity contribution is 5.91. The number of carbonyl (C=O) groups excluding carboxylic acids is 2. The van der Waals surface area contributed by atoms with Gasteiger partial charge in [-0.15, -0.1) is 0 Å². The zero-order valence-corrected chi connectivity index (χ0v) is 19.3. The average molecular weight is 461 g/mol. The largest absolute Gasteiger partial charge is 0.494 e. The zero-order valence-electron chi connectivity index (χ0n) is 19.3. The van der Waals surface area contributed by atoms with Gasteiger partial charge in [0.25, 0.3) is 5.91 Å². The maximum Gasteiger partial charge on any atom is 0.343 e. The summed E-state index contributed by atoms with van der Waals surface area (Å²) in [6.07, 6.45) is 3.54. The number of esters is 1. The standard InChI is InChI=1S/C27H28N2O5/c1-3-4-16-32-23-14-10-22(11-15-23)27(31)34-24-12-8-21(9-13-24)18-28-29-26(30)19-33-25-7-5-6-20(2)17-25/h5-15,17-18H,3-4,16,19H2,1-2H3,(H,29,30)/b28-18+. The van der Waals surface area contributed by atoms with Crippen LogP contribution in [0.15, 0.2) is 77.9 Å². The fourth-order valence-corrected chi connectivity index (χ4v) is 2.87. The Morgan fingerprint density at radius 3 is 2.35 bits per heavy atom. The number of ether oxygens (including phenoxy) is 3. The van der Waals surface area contributed by atoms with Crippen LogP contribution in [0, 0.1) is 6.92 Å². The number of hydrazone groups is 1. The highest BCUT2D eigenvalue weighted by Gasteiger charge is 2.09. The lowest BCUT2D eigenvalue weighted by molar-refractivity contribution is -0.123. The lowest BCUT2D eigenvalue weighted by atomic mass is 10.2. The van der Waals surface area contributed by atoms with Crippen LogP contribution in [0.1, 0.15) is 41.3 Å². The highest BCUT2D eigenvalue weighted by Crippen LogP contribution is 2.17. The topological polar surface area (TPSA) is 86.2 Å². The third-order valence-electron chi connectivity index (χ3n) is 4.71. The minimum absolute atomic E-state index is 0.137. The van der Waals surface area contributed by atoms with Crippen LogP contribution in [0.4, 0.5) is 0 Å². The Morgan fingerprint density at radius 2 is 1.65 bits per heavy atom. The molecule has 0 radical (unpaired) electrons. The Bertz CT molecular complexity index is 1110. The zero-order chi connectivity index (χ0) is 24.2. The first-order valence-electron chi connectivity index (χ1n) is 11.1. The van der Waals surface area contributed by atoms with E-state index in [0.29, 0.717) is 23.7 Å². The van der Waals surface area contributed by atoms with Crippen molar-refractivity contribution < 1.29 is 23.8 Å². The highest BCUT2D eigenvalue weighted by atomic mass is 16.5. The summed E-state index contributed by atoms with van der Waals surface area (Å²) in [5.74, 6) is 0.927. The predicted molar refractivity (Wildman–Crippen MR) is 131 cm³/mol. The van der Waals surface area contributed by atoms with Crippen molar-refractivity contribution in [3.63, 3.8) is 0 Å². The Kier molecular flexibility index (Phi) is 9.22. The number of unbranched alkanes of at least 4 members (excludes halogenated alkanes) is 1. The molecule has 1 N–H and O–H groups in total. The molecular weight excluding hydrogens is 432 g/mol. The van der Waals surface area contributed by atoms with Gasteiger partial charge in [0.15, 0.2) is 6.61 Å². The average Bonchev–Trinajstić information content (AvgIpc) is 2.84. The molecule has 0 aliphatic carbocycles. The number of carbonyl (C=O) groups is 2. The molecule has 3 aromatic carbocycles. The van der Waals surface area contributed by atoms with E-state index >= 15 is 0 Å². The second kappa shape index (κ2) is 12.8. The van der Waals surface area contributed by atoms with Crippen molar-refractivity contribution in [2.24, 2.45) is 5.10 Å². The molecule has 0 unspecified atom stereocenters. The van der Waals surface area contributed by atoms with Gasteiger partial charge in [-0.05, 0) is 85.1 Å². The molecule has 176 valence electrons. The quantitative estimate of drug-likeness (QED) is 0.144. The second-order valence-electron chi connectivity index (χ2n) is 7.58. The molecule has 0 aromatic heterocycles. The van der Waals surface area contributed by atoms with Crippen LogP contribution in [-0.2, 0) is 4.79 Å². The van der Waals surface area contributed by atoms with Crippen molar-refractivity contribution in [1.29, 1.82) is 0 Å². The summed E-state index contributed by atoms with van der Waals surface area (Å²) in [5, 5.41) is 3.92. The summed E-state index contributed by atoms with van der Waals surface area (Å²) < 4.78 is 16.4. The van der Waals surface area contributed by atoms with Crippen LogP contribution < -0.4 is 19.6 Å². The number of nitrogens with zero attached hydrogens (tertiary/aromatic N) is 1. The van der Waals surface area contributed by atoms with E-state index in [1.807, 2.05) is 25.1 Å². The van der Waals surface area contributed by atoms with E-state index in [1.165, 1.54) is 6.21 Å². The fraction of sp³-hybridized carbons (Fsp3) is 0.222. The molecule has 7 nitrogen and oxygen atoms in total. The van der Waals surface area contributed by atoms with Crippen molar-refractivity contribution >= 4 is 18.1 Å². The molecule has 3 rings (SSSR count). The number of hydrogen-bond donors (Lipinski definition) is 1. The van der Waals surface area contributed by atoms with Crippen LogP contribution in [0.3, 0.4) is 0 Å². The first kappa shape index (κ1) is 24.5. The Balaban J connectivity index is 1.43. The maximum atomic E-state index is 12.4. The maximum absolute atomic E-state index is 12.4. The molecular formula is C27H28N2O5. The van der Waals surface area contributed by atoms with Gasteiger partial charge in [-0.3, -0.25) is 4.79 Å². The van der Waals surface area contributed by atoms with Gasteiger partial charge in [0.1, 0.15) is 17.2 Å². The summed E-state index contributed by atoms with van der Waals surface area (Å²) >= 11 is 0. The van der Waals surface area contributed by atoms with Crippen LogP contribution >= 0.6 is 0 Å². The summed E-state index contributed by atoms with van der Waals surface area (Å²) in [7, 11) is 0. The van der Waals surface area contributed by atoms with Gasteiger partial charge in [0.2, 0.25) is 0 Å². The SMILES string of the molecule is CCCCOc1ccc(C(=O)Oc2ccc(/C=N/NC(=O)COc3cccc(C)c3)cc2)cc1. The van der Waals surface area contributed by atoms with Gasteiger partial charge >= 0.3 is 5.97 Å². The minimum Gasteiger partial charge on any atom is -0.494 e. The van der Waals surface area contributed by atoms with Gasteiger partial charge in [-0.2, -0.15) is 5.10 Å². The van der Waals surface area contributed by atoms with E-state index in [2.05, 4.69) is 17.5 Å². The van der Waals surface area contributed by atoms with Crippen molar-refractivity contribution in [3.05, 3.63) is 89.5 Å². The molecule has 0 aliphatic heterocycles. The lowest BCUT2D eigenvalue weighted by Gasteiger charge is -2.07. The number of hydrogen-bond acceptors (Lipinski definition) is 6. The summed E-state index contributed by atoms with van der Waals surface area (Å²) in [4.78, 5) is 24.2. The second-order valence-corrected chi connectivity index (χ2v) is 7.58. The number of rotatable bonds is 11. The third-order valence-corrected chi connectivity index (χ3v) is 4.71. The van der Waals surface area contributed by atoms with Crippen molar-refractivity contribution in [2.45, 2.75) is 26.7 Å². The van der Waals surface area contributed by atoms with E-state index in [-0.39, 0.29) is 12.5 Å². The molecule has 0 saturated heterocycles. The number of aryl methyl sites for hydroxylation is 1. The normalized spacial score (nSPS) is 10.6. The minimum atomic E-state index is -0.456. The lowest BCUT2D eigenvalue weighted by Crippen LogP contribution is -2.24. The summed E-state index contributed by atoms with van der Waals surface area (Å²) in [6.45, 7) is 4.57. The van der Waals surface area contributed by atoms with Crippen molar-refractivity contribution in [1.82, 2.24) is 5.43 Å². The monoisotopic (exact) mass is 460 g/mol. The molecule has 3 aromatic rings. The predicted octanol–water partition coefficient (Wildman–Crippen LogP) is 4.92. The van der Waals surface area contributed by atoms with Crippen LogP contribution in [0.5, 0.6) is 17.2 Å². The molecule has 34 heavy (non-hydrogen) atoms. The van der Waals surface area contributed by atoms with Gasteiger partial charge in [-0.1, -0.05) is 25.5 Å². The van der Waals surface area contributed by atoms with E-state index in [1.54, 1.807) is 54.6 Å². The molecule has 0 fully saturated rings. The molecule has 7 heteroatoms. The van der Waals surface area contributed by atoms with Crippen LogP contribution in [0.2, 0.25) is 0 Å². The Labute approximate surface area is 199 Å². The fourth-order valence-electron chi connectivity index (χ4n) is 2.87. The molecule has 0 bridgehead atoms. The van der Waals surface area contributed by atoms with Crippen LogP contribution in [-0.4, -0.2) is 31.3 Å². The molecule has 0 spiro atoms. The first-order valence-corrected chi connectivity index (χ1v) is 11.1. The van der Waals surface area contributed by atoms with Gasteiger partial charge < -0.3 is 14.2 Å². The first-order chi connectivity index (χ1) is 16.5. The molecule has 1 amide bonds.